The molecule has 0 aliphatic carbocycles. The van der Waals surface area contributed by atoms with Crippen molar-refractivity contribution in [2.45, 2.75) is 13.8 Å². The topological polar surface area (TPSA) is 76.2 Å². The van der Waals surface area contributed by atoms with E-state index in [1.54, 1.807) is 0 Å². The number of aromatic nitrogens is 2. The van der Waals surface area contributed by atoms with Crippen LogP contribution < -0.4 is 0 Å². The molecule has 82 valence electrons. The predicted octanol–water partition coefficient (Wildman–Crippen LogP) is 2.05. The monoisotopic (exact) mass is 218 g/mol. The van der Waals surface area contributed by atoms with Crippen LogP contribution in [0.4, 0.5) is 0 Å². The summed E-state index contributed by atoms with van der Waals surface area (Å²) in [6.45, 7) is 3.73. The third-order valence-corrected chi connectivity index (χ3v) is 2.22. The first kappa shape index (κ1) is 10.4. The van der Waals surface area contributed by atoms with Gasteiger partial charge in [-0.25, -0.2) is 4.79 Å². The first-order valence-electron chi connectivity index (χ1n) is 4.72. The van der Waals surface area contributed by atoms with Gasteiger partial charge in [0.1, 0.15) is 0 Å². The average molecular weight is 218 g/mol. The molecule has 5 nitrogen and oxygen atoms in total. The number of rotatable bonds is 2. The quantitative estimate of drug-likeness (QED) is 0.834. The van der Waals surface area contributed by atoms with E-state index in [0.29, 0.717) is 5.76 Å². The van der Waals surface area contributed by atoms with Crippen molar-refractivity contribution in [3.05, 3.63) is 35.3 Å². The van der Waals surface area contributed by atoms with E-state index in [-0.39, 0.29) is 5.69 Å². The molecule has 1 N–H and O–H groups in total. The Labute approximate surface area is 91.7 Å². The Hall–Kier alpha value is -2.17. The normalized spacial score (nSPS) is 10.4. The summed E-state index contributed by atoms with van der Waals surface area (Å²) in [5.41, 5.74) is 2.34. The van der Waals surface area contributed by atoms with E-state index in [2.05, 4.69) is 10.1 Å². The van der Waals surface area contributed by atoms with Crippen LogP contribution in [0.15, 0.2) is 22.7 Å². The van der Waals surface area contributed by atoms with Gasteiger partial charge in [-0.05, 0) is 26.0 Å². The van der Waals surface area contributed by atoms with Crippen molar-refractivity contribution in [1.82, 2.24) is 10.1 Å². The fourth-order valence-electron chi connectivity index (χ4n) is 1.45. The average Bonchev–Trinajstić information content (AvgIpc) is 2.66. The molecule has 2 rings (SSSR count). The summed E-state index contributed by atoms with van der Waals surface area (Å²) >= 11 is 0. The molecule has 0 bridgehead atoms. The number of aromatic carboxylic acids is 1. The molecule has 0 spiro atoms. The number of carboxylic acids is 1. The van der Waals surface area contributed by atoms with E-state index >= 15 is 0 Å². The zero-order valence-electron chi connectivity index (χ0n) is 8.89. The van der Waals surface area contributed by atoms with Crippen molar-refractivity contribution in [2.75, 3.05) is 0 Å². The Kier molecular flexibility index (Phi) is 2.44. The Morgan fingerprint density at radius 1 is 1.38 bits per heavy atom. The molecule has 0 radical (unpaired) electrons. The summed E-state index contributed by atoms with van der Waals surface area (Å²) in [5, 5.41) is 12.2. The maximum Gasteiger partial charge on any atom is 0.358 e. The van der Waals surface area contributed by atoms with E-state index in [1.165, 1.54) is 6.07 Å². The summed E-state index contributed by atoms with van der Waals surface area (Å²) in [7, 11) is 0. The highest BCUT2D eigenvalue weighted by atomic mass is 16.5. The number of nitrogens with zero attached hydrogens (tertiary/aromatic N) is 2. The molecule has 0 unspecified atom stereocenters. The van der Waals surface area contributed by atoms with Crippen LogP contribution in [0.25, 0.3) is 11.3 Å². The summed E-state index contributed by atoms with van der Waals surface area (Å²) in [5.74, 6) is -0.685. The third kappa shape index (κ3) is 1.79. The SMILES string of the molecule is Cc1ccc(-c2cc(C(=O)O)no2)c(C)n1. The van der Waals surface area contributed by atoms with Crippen LogP contribution in [0.2, 0.25) is 0 Å². The second-order valence-corrected chi connectivity index (χ2v) is 3.47. The van der Waals surface area contributed by atoms with Gasteiger partial charge in [0, 0.05) is 23.0 Å². The van der Waals surface area contributed by atoms with Gasteiger partial charge >= 0.3 is 5.97 Å². The first-order valence-corrected chi connectivity index (χ1v) is 4.72. The maximum absolute atomic E-state index is 10.6. The lowest BCUT2D eigenvalue weighted by Gasteiger charge is -2.00. The van der Waals surface area contributed by atoms with Gasteiger partial charge in [0.05, 0.1) is 0 Å². The minimum absolute atomic E-state index is 0.102. The van der Waals surface area contributed by atoms with Gasteiger partial charge in [-0.2, -0.15) is 0 Å². The van der Waals surface area contributed by atoms with Gasteiger partial charge in [-0.1, -0.05) is 5.16 Å². The smallest absolute Gasteiger partial charge is 0.358 e. The highest BCUT2D eigenvalue weighted by Gasteiger charge is 2.13. The lowest BCUT2D eigenvalue weighted by atomic mass is 10.1. The van der Waals surface area contributed by atoms with Gasteiger partial charge in [0.15, 0.2) is 11.5 Å². The number of carboxylic acid groups (broad SMARTS) is 1. The zero-order valence-corrected chi connectivity index (χ0v) is 8.89. The number of pyridine rings is 1. The minimum Gasteiger partial charge on any atom is -0.476 e. The summed E-state index contributed by atoms with van der Waals surface area (Å²) in [6, 6.07) is 5.07. The minimum atomic E-state index is -1.10. The molecule has 0 aliphatic rings. The largest absolute Gasteiger partial charge is 0.476 e. The Balaban J connectivity index is 2.46. The fourth-order valence-corrected chi connectivity index (χ4v) is 1.45. The van der Waals surface area contributed by atoms with Crippen LogP contribution >= 0.6 is 0 Å². The molecule has 2 heterocycles. The number of aryl methyl sites for hydroxylation is 2. The number of carbonyl (C=O) groups is 1. The molecule has 0 fully saturated rings. The van der Waals surface area contributed by atoms with Crippen molar-refractivity contribution in [3.63, 3.8) is 0 Å². The first-order chi connectivity index (χ1) is 7.58. The van der Waals surface area contributed by atoms with E-state index in [9.17, 15) is 4.79 Å². The molecule has 0 saturated heterocycles. The lowest BCUT2D eigenvalue weighted by Crippen LogP contribution is -1.94. The zero-order chi connectivity index (χ0) is 11.7. The van der Waals surface area contributed by atoms with Crippen molar-refractivity contribution in [2.24, 2.45) is 0 Å². The second kappa shape index (κ2) is 3.77. The van der Waals surface area contributed by atoms with Crippen LogP contribution in [0.5, 0.6) is 0 Å². The van der Waals surface area contributed by atoms with Crippen molar-refractivity contribution in [3.8, 4) is 11.3 Å². The second-order valence-electron chi connectivity index (χ2n) is 3.47. The van der Waals surface area contributed by atoms with Crippen LogP contribution in [-0.4, -0.2) is 21.2 Å². The summed E-state index contributed by atoms with van der Waals surface area (Å²) in [4.78, 5) is 14.9. The molecular formula is C11H10N2O3. The van der Waals surface area contributed by atoms with Crippen molar-refractivity contribution in [1.29, 1.82) is 0 Å². The Bertz CT molecular complexity index is 546. The molecule has 5 heteroatoms. The highest BCUT2D eigenvalue weighted by Crippen LogP contribution is 2.23. The number of hydrogen-bond acceptors (Lipinski definition) is 4. The van der Waals surface area contributed by atoms with Crippen molar-refractivity contribution >= 4 is 5.97 Å². The molecule has 16 heavy (non-hydrogen) atoms. The van der Waals surface area contributed by atoms with E-state index in [1.807, 2.05) is 26.0 Å². The predicted molar refractivity (Wildman–Crippen MR) is 56.2 cm³/mol. The van der Waals surface area contributed by atoms with Crippen LogP contribution in [-0.2, 0) is 0 Å². The Morgan fingerprint density at radius 3 is 2.69 bits per heavy atom. The number of hydrogen-bond donors (Lipinski definition) is 1. The van der Waals surface area contributed by atoms with Gasteiger partial charge in [0.25, 0.3) is 0 Å². The molecular weight excluding hydrogens is 208 g/mol. The summed E-state index contributed by atoms with van der Waals surface area (Å²) < 4.78 is 4.96. The molecule has 0 saturated carbocycles. The summed E-state index contributed by atoms with van der Waals surface area (Å²) in [6.07, 6.45) is 0. The molecule has 0 atom stereocenters. The van der Waals surface area contributed by atoms with E-state index in [0.717, 1.165) is 17.0 Å². The van der Waals surface area contributed by atoms with Crippen LogP contribution in [0.1, 0.15) is 21.9 Å². The maximum atomic E-state index is 10.6. The molecule has 0 aliphatic heterocycles. The van der Waals surface area contributed by atoms with E-state index in [4.69, 9.17) is 9.63 Å². The van der Waals surface area contributed by atoms with E-state index < -0.39 is 5.97 Å². The molecule has 2 aromatic rings. The fraction of sp³-hybridized carbons (Fsp3) is 0.182. The van der Waals surface area contributed by atoms with Gasteiger partial charge in [-0.3, -0.25) is 4.98 Å². The molecule has 0 amide bonds. The molecule has 0 aromatic carbocycles. The highest BCUT2D eigenvalue weighted by molar-refractivity contribution is 5.86. The van der Waals surface area contributed by atoms with Crippen LogP contribution in [0, 0.1) is 13.8 Å². The third-order valence-electron chi connectivity index (χ3n) is 2.22. The standard InChI is InChI=1S/C11H10N2O3/c1-6-3-4-8(7(2)12-6)10-5-9(11(14)15)13-16-10/h3-5H,1-2H3,(H,14,15). The van der Waals surface area contributed by atoms with Gasteiger partial charge < -0.3 is 9.63 Å². The van der Waals surface area contributed by atoms with Gasteiger partial charge in [0.2, 0.25) is 0 Å². The van der Waals surface area contributed by atoms with Gasteiger partial charge in [-0.15, -0.1) is 0 Å². The van der Waals surface area contributed by atoms with Crippen molar-refractivity contribution < 1.29 is 14.4 Å². The Morgan fingerprint density at radius 2 is 2.12 bits per heavy atom. The molecule has 2 aromatic heterocycles. The van der Waals surface area contributed by atoms with Crippen LogP contribution in [0.3, 0.4) is 0 Å². The lowest BCUT2D eigenvalue weighted by molar-refractivity contribution is 0.0686.